The number of hydrazine groups is 1. The van der Waals surface area contributed by atoms with Gasteiger partial charge in [0.25, 0.3) is 0 Å². The fraction of sp³-hybridized carbons (Fsp3) is 0.200. The Morgan fingerprint density at radius 3 is 2.48 bits per heavy atom. The molecule has 0 aliphatic carbocycles. The van der Waals surface area contributed by atoms with Crippen molar-refractivity contribution in [1.82, 2.24) is 5.43 Å². The Hall–Kier alpha value is -0.970. The Bertz CT molecular complexity index is 634. The zero-order valence-corrected chi connectivity index (χ0v) is 13.6. The summed E-state index contributed by atoms with van der Waals surface area (Å²) < 4.78 is 5.36. The van der Waals surface area contributed by atoms with Crippen LogP contribution in [0, 0.1) is 0 Å². The van der Waals surface area contributed by atoms with Gasteiger partial charge in [-0.05, 0) is 42.3 Å². The predicted octanol–water partition coefficient (Wildman–Crippen LogP) is 4.40. The molecule has 3 nitrogen and oxygen atoms in total. The smallest absolute Gasteiger partial charge is 0.123 e. The predicted molar refractivity (Wildman–Crippen MR) is 88.2 cm³/mol. The molecular weight excluding hydrogens is 331 g/mol. The van der Waals surface area contributed by atoms with Crippen molar-refractivity contribution in [3.63, 3.8) is 0 Å². The van der Waals surface area contributed by atoms with Crippen LogP contribution in [0.15, 0.2) is 36.4 Å². The molecule has 0 spiro atoms. The van der Waals surface area contributed by atoms with E-state index in [4.69, 9.17) is 45.4 Å². The number of methoxy groups -OCH3 is 1. The van der Waals surface area contributed by atoms with Crippen LogP contribution in [0.3, 0.4) is 0 Å². The number of halogens is 3. The summed E-state index contributed by atoms with van der Waals surface area (Å²) in [5.41, 5.74) is 4.68. The van der Waals surface area contributed by atoms with Crippen LogP contribution in [0.1, 0.15) is 17.2 Å². The van der Waals surface area contributed by atoms with E-state index in [9.17, 15) is 0 Å². The summed E-state index contributed by atoms with van der Waals surface area (Å²) in [6.45, 7) is 0. The molecule has 0 bridgehead atoms. The molecule has 1 unspecified atom stereocenters. The summed E-state index contributed by atoms with van der Waals surface area (Å²) in [5.74, 6) is 6.41. The van der Waals surface area contributed by atoms with E-state index < -0.39 is 0 Å². The standard InChI is InChI=1S/C15H15Cl3N2O/c1-21-15-5-3-10(16)8-11(15)14(20-19)7-9-2-4-12(17)13(18)6-9/h2-6,8,14,20H,7,19H2,1H3. The van der Waals surface area contributed by atoms with Crippen LogP contribution < -0.4 is 16.0 Å². The number of ether oxygens (including phenoxy) is 1. The summed E-state index contributed by atoms with van der Waals surface area (Å²) in [4.78, 5) is 0. The molecule has 2 aromatic rings. The van der Waals surface area contributed by atoms with E-state index in [0.717, 1.165) is 16.9 Å². The number of nitrogens with two attached hydrogens (primary N) is 1. The van der Waals surface area contributed by atoms with Gasteiger partial charge >= 0.3 is 0 Å². The molecular formula is C15H15Cl3N2O. The molecule has 6 heteroatoms. The first-order chi connectivity index (χ1) is 10.0. The van der Waals surface area contributed by atoms with E-state index in [-0.39, 0.29) is 6.04 Å². The zero-order chi connectivity index (χ0) is 15.4. The lowest BCUT2D eigenvalue weighted by Gasteiger charge is -2.19. The summed E-state index contributed by atoms with van der Waals surface area (Å²) >= 11 is 18.0. The van der Waals surface area contributed by atoms with Gasteiger partial charge in [-0.25, -0.2) is 0 Å². The van der Waals surface area contributed by atoms with Gasteiger partial charge in [-0.3, -0.25) is 11.3 Å². The van der Waals surface area contributed by atoms with Gasteiger partial charge in [0.05, 0.1) is 23.2 Å². The van der Waals surface area contributed by atoms with Crippen LogP contribution >= 0.6 is 34.8 Å². The monoisotopic (exact) mass is 344 g/mol. The molecule has 3 N–H and O–H groups in total. The first-order valence-corrected chi connectivity index (χ1v) is 7.42. The summed E-state index contributed by atoms with van der Waals surface area (Å²) in [5, 5.41) is 1.67. The molecule has 0 amide bonds. The van der Waals surface area contributed by atoms with Gasteiger partial charge < -0.3 is 4.74 Å². The highest BCUT2D eigenvalue weighted by Gasteiger charge is 2.16. The quantitative estimate of drug-likeness (QED) is 0.623. The third-order valence-electron chi connectivity index (χ3n) is 3.19. The minimum Gasteiger partial charge on any atom is -0.496 e. The Balaban J connectivity index is 2.31. The normalized spacial score (nSPS) is 12.2. The fourth-order valence-corrected chi connectivity index (χ4v) is 2.64. The second-order valence-electron chi connectivity index (χ2n) is 4.56. The van der Waals surface area contributed by atoms with Gasteiger partial charge in [0.1, 0.15) is 5.75 Å². The van der Waals surface area contributed by atoms with Gasteiger partial charge in [-0.2, -0.15) is 0 Å². The molecule has 0 aliphatic heterocycles. The number of nitrogens with one attached hydrogen (secondary N) is 1. The molecule has 0 fully saturated rings. The first-order valence-electron chi connectivity index (χ1n) is 6.28. The lowest BCUT2D eigenvalue weighted by molar-refractivity contribution is 0.399. The van der Waals surface area contributed by atoms with E-state index in [0.29, 0.717) is 21.5 Å². The van der Waals surface area contributed by atoms with Crippen molar-refractivity contribution in [2.24, 2.45) is 5.84 Å². The van der Waals surface area contributed by atoms with Crippen LogP contribution in [0.4, 0.5) is 0 Å². The van der Waals surface area contributed by atoms with Gasteiger partial charge in [0, 0.05) is 10.6 Å². The van der Waals surface area contributed by atoms with E-state index in [1.165, 1.54) is 0 Å². The number of hydrogen-bond acceptors (Lipinski definition) is 3. The second-order valence-corrected chi connectivity index (χ2v) is 5.81. The minimum atomic E-state index is -0.157. The summed E-state index contributed by atoms with van der Waals surface area (Å²) in [7, 11) is 1.61. The molecule has 0 saturated carbocycles. The van der Waals surface area contributed by atoms with Gasteiger partial charge in [-0.15, -0.1) is 0 Å². The molecule has 1 atom stereocenters. The van der Waals surface area contributed by atoms with Crippen molar-refractivity contribution in [3.05, 3.63) is 62.6 Å². The van der Waals surface area contributed by atoms with Crippen LogP contribution in [0.5, 0.6) is 5.75 Å². The molecule has 0 radical (unpaired) electrons. The van der Waals surface area contributed by atoms with Crippen LogP contribution in [0.25, 0.3) is 0 Å². The SMILES string of the molecule is COc1ccc(Cl)cc1C(Cc1ccc(Cl)c(Cl)c1)NN. The van der Waals surface area contributed by atoms with Crippen LogP contribution in [-0.2, 0) is 6.42 Å². The van der Waals surface area contributed by atoms with E-state index in [2.05, 4.69) is 5.43 Å². The van der Waals surface area contributed by atoms with Crippen molar-refractivity contribution < 1.29 is 4.74 Å². The average molecular weight is 346 g/mol. The third-order valence-corrected chi connectivity index (χ3v) is 4.17. The molecule has 112 valence electrons. The highest BCUT2D eigenvalue weighted by atomic mass is 35.5. The molecule has 0 heterocycles. The molecule has 21 heavy (non-hydrogen) atoms. The lowest BCUT2D eigenvalue weighted by atomic mass is 9.98. The highest BCUT2D eigenvalue weighted by Crippen LogP contribution is 2.31. The van der Waals surface area contributed by atoms with Crippen molar-refractivity contribution in [3.8, 4) is 5.75 Å². The van der Waals surface area contributed by atoms with Crippen LogP contribution in [0.2, 0.25) is 15.1 Å². The maximum absolute atomic E-state index is 6.06. The van der Waals surface area contributed by atoms with Crippen LogP contribution in [-0.4, -0.2) is 7.11 Å². The molecule has 0 saturated heterocycles. The third kappa shape index (κ3) is 4.02. The minimum absolute atomic E-state index is 0.157. The first kappa shape index (κ1) is 16.4. The van der Waals surface area contributed by atoms with E-state index >= 15 is 0 Å². The number of hydrogen-bond donors (Lipinski definition) is 2. The summed E-state index contributed by atoms with van der Waals surface area (Å²) in [6.07, 6.45) is 0.629. The fourth-order valence-electron chi connectivity index (χ4n) is 2.14. The zero-order valence-electron chi connectivity index (χ0n) is 11.4. The topological polar surface area (TPSA) is 47.3 Å². The average Bonchev–Trinajstić information content (AvgIpc) is 2.48. The van der Waals surface area contributed by atoms with Crippen molar-refractivity contribution >= 4 is 34.8 Å². The Labute approximate surface area is 138 Å². The largest absolute Gasteiger partial charge is 0.496 e. The number of benzene rings is 2. The van der Waals surface area contributed by atoms with Gasteiger partial charge in [-0.1, -0.05) is 40.9 Å². The summed E-state index contributed by atoms with van der Waals surface area (Å²) in [6, 6.07) is 10.8. The molecule has 0 aliphatic rings. The molecule has 2 aromatic carbocycles. The maximum atomic E-state index is 6.06. The maximum Gasteiger partial charge on any atom is 0.123 e. The van der Waals surface area contributed by atoms with Crippen molar-refractivity contribution in [2.45, 2.75) is 12.5 Å². The van der Waals surface area contributed by atoms with Crippen molar-refractivity contribution in [2.75, 3.05) is 7.11 Å². The Morgan fingerprint density at radius 2 is 1.86 bits per heavy atom. The Morgan fingerprint density at radius 1 is 1.10 bits per heavy atom. The Kier molecular flexibility index (Phi) is 5.73. The second kappa shape index (κ2) is 7.34. The highest BCUT2D eigenvalue weighted by molar-refractivity contribution is 6.42. The lowest BCUT2D eigenvalue weighted by Crippen LogP contribution is -2.30. The van der Waals surface area contributed by atoms with Gasteiger partial charge in [0.15, 0.2) is 0 Å². The van der Waals surface area contributed by atoms with E-state index in [1.807, 2.05) is 24.3 Å². The van der Waals surface area contributed by atoms with Crippen molar-refractivity contribution in [1.29, 1.82) is 0 Å². The van der Waals surface area contributed by atoms with E-state index in [1.54, 1.807) is 19.2 Å². The molecule has 2 rings (SSSR count). The van der Waals surface area contributed by atoms with Gasteiger partial charge in [0.2, 0.25) is 0 Å². The molecule has 0 aromatic heterocycles. The number of rotatable bonds is 5.